The summed E-state index contributed by atoms with van der Waals surface area (Å²) in [6, 6.07) is 13.0. The van der Waals surface area contributed by atoms with Gasteiger partial charge in [-0.3, -0.25) is 14.4 Å². The van der Waals surface area contributed by atoms with Crippen molar-refractivity contribution in [3.8, 4) is 5.75 Å². The van der Waals surface area contributed by atoms with Crippen LogP contribution in [0, 0.1) is 0 Å². The average Bonchev–Trinajstić information content (AvgIpc) is 2.79. The Bertz CT molecular complexity index is 918. The molecular weight excluding hydrogens is 412 g/mol. The number of aromatic hydroxyl groups is 1. The molecule has 2 aromatic rings. The van der Waals surface area contributed by atoms with E-state index >= 15 is 0 Å². The summed E-state index contributed by atoms with van der Waals surface area (Å²) in [4.78, 5) is 47.8. The molecule has 0 aliphatic heterocycles. The Morgan fingerprint density at radius 2 is 1.56 bits per heavy atom. The Kier molecular flexibility index (Phi) is 9.37. The Balaban J connectivity index is 1.74. The van der Waals surface area contributed by atoms with Crippen LogP contribution in [-0.4, -0.2) is 53.8 Å². The highest BCUT2D eigenvalue weighted by Crippen LogP contribution is 2.11. The molecule has 0 spiro atoms. The van der Waals surface area contributed by atoms with Gasteiger partial charge in [0, 0.05) is 0 Å². The summed E-state index contributed by atoms with van der Waals surface area (Å²) in [7, 11) is 0. The fourth-order valence-electron chi connectivity index (χ4n) is 2.94. The van der Waals surface area contributed by atoms with Crippen molar-refractivity contribution in [1.82, 2.24) is 16.0 Å². The fraction of sp³-hybridized carbons (Fsp3) is 0.304. The van der Waals surface area contributed by atoms with Crippen molar-refractivity contribution in [3.05, 3.63) is 65.7 Å². The zero-order valence-electron chi connectivity index (χ0n) is 17.8. The van der Waals surface area contributed by atoms with Gasteiger partial charge in [0.1, 0.15) is 18.1 Å². The first-order valence-electron chi connectivity index (χ1n) is 10.2. The van der Waals surface area contributed by atoms with Crippen LogP contribution in [-0.2, 0) is 32.0 Å². The number of phenolic OH excluding ortho intramolecular Hbond substituents is 1. The second-order valence-corrected chi connectivity index (χ2v) is 7.42. The first kappa shape index (κ1) is 24.5. The maximum Gasteiger partial charge on any atom is 0.242 e. The zero-order chi connectivity index (χ0) is 23.5. The number of nitrogens with two attached hydrogens (primary N) is 1. The summed E-state index contributed by atoms with van der Waals surface area (Å²) in [5.74, 6) is -1.49. The van der Waals surface area contributed by atoms with Gasteiger partial charge >= 0.3 is 0 Å². The maximum atomic E-state index is 12.2. The predicted octanol–water partition coefficient (Wildman–Crippen LogP) is -0.191. The second kappa shape index (κ2) is 12.2. The number of carbonyl (C=O) groups is 4. The topological polar surface area (TPSA) is 151 Å². The van der Waals surface area contributed by atoms with Gasteiger partial charge in [-0.25, -0.2) is 0 Å². The van der Waals surface area contributed by atoms with Crippen LogP contribution in [0.15, 0.2) is 54.6 Å². The number of phenols is 1. The molecule has 2 rings (SSSR count). The Labute approximate surface area is 186 Å². The number of hydrogen-bond donors (Lipinski definition) is 5. The maximum absolute atomic E-state index is 12.2. The lowest BCUT2D eigenvalue weighted by molar-refractivity contribution is -0.130. The number of hydrogen-bond acceptors (Lipinski definition) is 6. The van der Waals surface area contributed by atoms with E-state index in [1.807, 2.05) is 30.3 Å². The van der Waals surface area contributed by atoms with Crippen molar-refractivity contribution >= 4 is 24.0 Å². The van der Waals surface area contributed by atoms with E-state index in [0.29, 0.717) is 12.7 Å². The Morgan fingerprint density at radius 3 is 2.19 bits per heavy atom. The van der Waals surface area contributed by atoms with E-state index in [0.717, 1.165) is 11.1 Å². The van der Waals surface area contributed by atoms with Crippen molar-refractivity contribution < 1.29 is 24.3 Å². The van der Waals surface area contributed by atoms with E-state index in [2.05, 4.69) is 16.0 Å². The molecular formula is C23H28N4O5. The molecule has 9 nitrogen and oxygen atoms in total. The quantitative estimate of drug-likeness (QED) is 0.306. The minimum atomic E-state index is -0.910. The summed E-state index contributed by atoms with van der Waals surface area (Å²) in [5.41, 5.74) is 7.55. The molecule has 9 heteroatoms. The van der Waals surface area contributed by atoms with Gasteiger partial charge in [0.2, 0.25) is 17.7 Å². The van der Waals surface area contributed by atoms with Crippen molar-refractivity contribution in [2.45, 2.75) is 37.9 Å². The Morgan fingerprint density at radius 1 is 0.938 bits per heavy atom. The van der Waals surface area contributed by atoms with Crippen LogP contribution in [0.3, 0.4) is 0 Å². The smallest absolute Gasteiger partial charge is 0.242 e. The monoisotopic (exact) mass is 440 g/mol. The van der Waals surface area contributed by atoms with E-state index in [1.165, 1.54) is 19.1 Å². The van der Waals surface area contributed by atoms with Crippen LogP contribution < -0.4 is 21.7 Å². The van der Waals surface area contributed by atoms with Gasteiger partial charge in [-0.2, -0.15) is 0 Å². The SMILES string of the molecule is C[C@@H](NC(=O)C(N)Cc1ccc(O)cc1)C(=O)NCC(=O)NC(C=O)Cc1ccccc1. The molecule has 32 heavy (non-hydrogen) atoms. The lowest BCUT2D eigenvalue weighted by Crippen LogP contribution is -2.52. The van der Waals surface area contributed by atoms with Crippen LogP contribution in [0.5, 0.6) is 5.75 Å². The van der Waals surface area contributed by atoms with Crippen LogP contribution >= 0.6 is 0 Å². The summed E-state index contributed by atoms with van der Waals surface area (Å²) in [6.45, 7) is 1.14. The lowest BCUT2D eigenvalue weighted by Gasteiger charge is -2.18. The number of aldehydes is 1. The van der Waals surface area contributed by atoms with Gasteiger partial charge in [-0.05, 0) is 43.0 Å². The molecule has 0 aliphatic rings. The normalized spacial score (nSPS) is 13.3. The van der Waals surface area contributed by atoms with E-state index < -0.39 is 35.8 Å². The fourth-order valence-corrected chi connectivity index (χ4v) is 2.94. The van der Waals surface area contributed by atoms with Crippen molar-refractivity contribution in [3.63, 3.8) is 0 Å². The van der Waals surface area contributed by atoms with Crippen LogP contribution in [0.1, 0.15) is 18.1 Å². The van der Waals surface area contributed by atoms with Gasteiger partial charge < -0.3 is 31.6 Å². The zero-order valence-corrected chi connectivity index (χ0v) is 17.8. The van der Waals surface area contributed by atoms with Gasteiger partial charge in [-0.15, -0.1) is 0 Å². The average molecular weight is 441 g/mol. The summed E-state index contributed by atoms with van der Waals surface area (Å²) < 4.78 is 0. The third-order valence-corrected chi connectivity index (χ3v) is 4.71. The highest BCUT2D eigenvalue weighted by atomic mass is 16.3. The molecule has 3 atom stereocenters. The molecule has 0 aromatic heterocycles. The van der Waals surface area contributed by atoms with Crippen molar-refractivity contribution in [2.24, 2.45) is 5.73 Å². The molecule has 0 radical (unpaired) electrons. The molecule has 0 bridgehead atoms. The van der Waals surface area contributed by atoms with E-state index in [9.17, 15) is 24.3 Å². The Hall–Kier alpha value is -3.72. The van der Waals surface area contributed by atoms with E-state index in [-0.39, 0.29) is 18.7 Å². The number of rotatable bonds is 11. The number of amides is 3. The highest BCUT2D eigenvalue weighted by Gasteiger charge is 2.21. The summed E-state index contributed by atoms with van der Waals surface area (Å²) >= 11 is 0. The van der Waals surface area contributed by atoms with Gasteiger partial charge in [-0.1, -0.05) is 42.5 Å². The minimum Gasteiger partial charge on any atom is -0.508 e. The molecule has 0 saturated heterocycles. The third-order valence-electron chi connectivity index (χ3n) is 4.71. The van der Waals surface area contributed by atoms with Crippen LogP contribution in [0.25, 0.3) is 0 Å². The first-order chi connectivity index (χ1) is 15.3. The van der Waals surface area contributed by atoms with Crippen LogP contribution in [0.4, 0.5) is 0 Å². The molecule has 2 aromatic carbocycles. The lowest BCUT2D eigenvalue weighted by atomic mass is 10.1. The molecule has 2 unspecified atom stereocenters. The van der Waals surface area contributed by atoms with Crippen molar-refractivity contribution in [2.75, 3.05) is 6.54 Å². The van der Waals surface area contributed by atoms with Gasteiger partial charge in [0.15, 0.2) is 0 Å². The van der Waals surface area contributed by atoms with E-state index in [1.54, 1.807) is 12.1 Å². The summed E-state index contributed by atoms with van der Waals surface area (Å²) in [6.07, 6.45) is 1.22. The number of carbonyl (C=O) groups excluding carboxylic acids is 4. The second-order valence-electron chi connectivity index (χ2n) is 7.42. The predicted molar refractivity (Wildman–Crippen MR) is 119 cm³/mol. The minimum absolute atomic E-state index is 0.112. The molecule has 0 heterocycles. The van der Waals surface area contributed by atoms with Crippen LogP contribution in [0.2, 0.25) is 0 Å². The molecule has 6 N–H and O–H groups in total. The highest BCUT2D eigenvalue weighted by molar-refractivity contribution is 5.92. The largest absolute Gasteiger partial charge is 0.508 e. The molecule has 0 fully saturated rings. The number of benzene rings is 2. The molecule has 0 saturated carbocycles. The van der Waals surface area contributed by atoms with Gasteiger partial charge in [0.05, 0.1) is 18.6 Å². The standard InChI is InChI=1S/C23H28N4O5/c1-15(26-23(32)20(24)12-17-7-9-19(29)10-8-17)22(31)25-13-21(30)27-18(14-28)11-16-5-3-2-4-6-16/h2-10,14-15,18,20,29H,11-13,24H2,1H3,(H,25,31)(H,26,32)(H,27,30)/t15-,18?,20?/m1/s1. The van der Waals surface area contributed by atoms with E-state index in [4.69, 9.17) is 5.73 Å². The molecule has 3 amide bonds. The molecule has 170 valence electrons. The summed E-state index contributed by atoms with van der Waals surface area (Å²) in [5, 5.41) is 16.8. The molecule has 0 aliphatic carbocycles. The van der Waals surface area contributed by atoms with Gasteiger partial charge in [0.25, 0.3) is 0 Å². The first-order valence-corrected chi connectivity index (χ1v) is 10.2. The van der Waals surface area contributed by atoms with Crippen molar-refractivity contribution in [1.29, 1.82) is 0 Å². The third kappa shape index (κ3) is 8.19. The number of nitrogens with one attached hydrogen (secondary N) is 3.